The number of ether oxygens (including phenoxy) is 1. The molecule has 1 spiro atoms. The third kappa shape index (κ3) is 2.82. The zero-order valence-corrected chi connectivity index (χ0v) is 11.7. The summed E-state index contributed by atoms with van der Waals surface area (Å²) in [6.07, 6.45) is 6.90. The van der Waals surface area contributed by atoms with Crippen LogP contribution in [-0.2, 0) is 4.74 Å². The first kappa shape index (κ1) is 13.1. The lowest BCUT2D eigenvalue weighted by Gasteiger charge is -2.42. The molecule has 3 rings (SSSR count). The van der Waals surface area contributed by atoms with E-state index >= 15 is 0 Å². The van der Waals surface area contributed by atoms with Crippen LogP contribution in [0.15, 0.2) is 18.6 Å². The van der Waals surface area contributed by atoms with Crippen molar-refractivity contribution < 1.29 is 9.53 Å². The summed E-state index contributed by atoms with van der Waals surface area (Å²) in [5.74, 6) is 2.51. The number of carbonyl (C=O) groups is 1. The van der Waals surface area contributed by atoms with Crippen LogP contribution in [-0.4, -0.2) is 39.5 Å². The fraction of sp³-hybridized carbons (Fsp3) is 0.643. The molecule has 2 aliphatic rings. The molecule has 1 aromatic heterocycles. The van der Waals surface area contributed by atoms with Crippen LogP contribution in [0.25, 0.3) is 0 Å². The third-order valence-electron chi connectivity index (χ3n) is 4.10. The fourth-order valence-electron chi connectivity index (χ4n) is 2.99. The maximum Gasteiger partial charge on any atom is 0.184 e. The average molecular weight is 278 g/mol. The number of thioether (sulfide) groups is 1. The molecule has 1 atom stereocenters. The largest absolute Gasteiger partial charge is 0.375 e. The highest BCUT2D eigenvalue weighted by Gasteiger charge is 2.41. The van der Waals surface area contributed by atoms with Crippen molar-refractivity contribution in [2.45, 2.75) is 31.3 Å². The second-order valence-corrected chi connectivity index (χ2v) is 6.52. The lowest BCUT2D eigenvalue weighted by atomic mass is 9.79. The van der Waals surface area contributed by atoms with E-state index in [1.165, 1.54) is 6.33 Å². The smallest absolute Gasteiger partial charge is 0.184 e. The van der Waals surface area contributed by atoms with Crippen molar-refractivity contribution in [1.82, 2.24) is 9.97 Å². The molecule has 102 valence electrons. The van der Waals surface area contributed by atoms with Gasteiger partial charge in [-0.1, -0.05) is 0 Å². The Hall–Kier alpha value is -0.940. The van der Waals surface area contributed by atoms with E-state index in [0.717, 1.165) is 37.2 Å². The number of rotatable bonds is 2. The molecule has 0 amide bonds. The number of hydrogen-bond donors (Lipinski definition) is 0. The molecular formula is C14H18N2O2S. The zero-order chi connectivity index (χ0) is 13.1. The number of nitrogens with zero attached hydrogens (tertiary/aromatic N) is 2. The maximum absolute atomic E-state index is 12.5. The number of aromatic nitrogens is 2. The third-order valence-corrected chi connectivity index (χ3v) is 5.09. The first-order valence-corrected chi connectivity index (χ1v) is 7.97. The van der Waals surface area contributed by atoms with Crippen molar-refractivity contribution in [2.75, 3.05) is 18.1 Å². The molecule has 0 radical (unpaired) electrons. The lowest BCUT2D eigenvalue weighted by Crippen LogP contribution is -2.44. The zero-order valence-electron chi connectivity index (χ0n) is 10.9. The van der Waals surface area contributed by atoms with E-state index in [9.17, 15) is 4.79 Å². The second-order valence-electron chi connectivity index (χ2n) is 5.29. The Labute approximate surface area is 117 Å². The number of Topliss-reactive ketones (excluding diaryl/α,β-unsaturated/α-hetero) is 1. The molecule has 0 bridgehead atoms. The Morgan fingerprint density at radius 1 is 1.42 bits per heavy atom. The van der Waals surface area contributed by atoms with E-state index in [0.29, 0.717) is 12.3 Å². The molecule has 1 unspecified atom stereocenters. The maximum atomic E-state index is 12.5. The van der Waals surface area contributed by atoms with E-state index in [1.54, 1.807) is 12.3 Å². The second kappa shape index (κ2) is 5.59. The minimum absolute atomic E-state index is 0.0448. The first-order valence-electron chi connectivity index (χ1n) is 6.81. The van der Waals surface area contributed by atoms with Gasteiger partial charge in [0.2, 0.25) is 0 Å². The number of hydrogen-bond acceptors (Lipinski definition) is 5. The highest BCUT2D eigenvalue weighted by Crippen LogP contribution is 2.40. The highest BCUT2D eigenvalue weighted by molar-refractivity contribution is 7.99. The Bertz CT molecular complexity index is 441. The molecule has 5 heteroatoms. The Balaban J connectivity index is 1.73. The van der Waals surface area contributed by atoms with Gasteiger partial charge in [-0.05, 0) is 43.3 Å². The Kier molecular flexibility index (Phi) is 3.84. The summed E-state index contributed by atoms with van der Waals surface area (Å²) in [6, 6.07) is 1.71. The molecule has 19 heavy (non-hydrogen) atoms. The summed E-state index contributed by atoms with van der Waals surface area (Å²) in [6.45, 7) is 0.701. The van der Waals surface area contributed by atoms with Gasteiger partial charge in [0.15, 0.2) is 5.78 Å². The summed E-state index contributed by atoms with van der Waals surface area (Å²) in [5.41, 5.74) is 0.499. The average Bonchev–Trinajstić information content (AvgIpc) is 2.48. The molecular weight excluding hydrogens is 260 g/mol. The molecule has 0 aliphatic carbocycles. The van der Waals surface area contributed by atoms with Crippen LogP contribution in [0.5, 0.6) is 0 Å². The molecule has 2 saturated heterocycles. The van der Waals surface area contributed by atoms with Gasteiger partial charge in [-0.2, -0.15) is 11.8 Å². The van der Waals surface area contributed by atoms with E-state index in [-0.39, 0.29) is 17.3 Å². The van der Waals surface area contributed by atoms with Crippen LogP contribution in [0.4, 0.5) is 0 Å². The quantitative estimate of drug-likeness (QED) is 0.777. The Morgan fingerprint density at radius 3 is 3.00 bits per heavy atom. The summed E-state index contributed by atoms with van der Waals surface area (Å²) in [4.78, 5) is 20.4. The molecule has 4 nitrogen and oxygen atoms in total. The predicted molar refractivity (Wildman–Crippen MR) is 74.3 cm³/mol. The minimum atomic E-state index is -0.0448. The predicted octanol–water partition coefficient (Wildman–Crippen LogP) is 2.35. The molecule has 3 heterocycles. The van der Waals surface area contributed by atoms with Gasteiger partial charge in [-0.15, -0.1) is 0 Å². The standard InChI is InChI=1S/C14H18N2O2S/c17-13(12-1-5-15-10-16-12)11-2-6-18-14(9-11)3-7-19-8-4-14/h1,5,10-11H,2-4,6-9H2. The summed E-state index contributed by atoms with van der Waals surface area (Å²) in [5, 5.41) is 0. The van der Waals surface area contributed by atoms with Crippen LogP contribution in [0.3, 0.4) is 0 Å². The van der Waals surface area contributed by atoms with Gasteiger partial charge in [0.25, 0.3) is 0 Å². The van der Waals surface area contributed by atoms with Crippen molar-refractivity contribution in [3.8, 4) is 0 Å². The van der Waals surface area contributed by atoms with Crippen LogP contribution in [0.1, 0.15) is 36.2 Å². The fourth-order valence-corrected chi connectivity index (χ4v) is 4.23. The monoisotopic (exact) mass is 278 g/mol. The highest BCUT2D eigenvalue weighted by atomic mass is 32.2. The van der Waals surface area contributed by atoms with Crippen molar-refractivity contribution >= 4 is 17.5 Å². The van der Waals surface area contributed by atoms with Gasteiger partial charge < -0.3 is 4.74 Å². The Morgan fingerprint density at radius 2 is 2.26 bits per heavy atom. The van der Waals surface area contributed by atoms with Gasteiger partial charge in [0, 0.05) is 18.7 Å². The SMILES string of the molecule is O=C(c1ccncn1)C1CCOC2(CCSCC2)C1. The normalized spacial score (nSPS) is 26.2. The topological polar surface area (TPSA) is 52.1 Å². The van der Waals surface area contributed by atoms with E-state index in [1.807, 2.05) is 11.8 Å². The van der Waals surface area contributed by atoms with E-state index < -0.39 is 0 Å². The summed E-state index contributed by atoms with van der Waals surface area (Å²) < 4.78 is 6.02. The van der Waals surface area contributed by atoms with Gasteiger partial charge in [-0.25, -0.2) is 9.97 Å². The molecule has 0 N–H and O–H groups in total. The van der Waals surface area contributed by atoms with E-state index in [4.69, 9.17) is 4.74 Å². The lowest BCUT2D eigenvalue weighted by molar-refractivity contribution is -0.0960. The minimum Gasteiger partial charge on any atom is -0.375 e. The van der Waals surface area contributed by atoms with Gasteiger partial charge in [-0.3, -0.25) is 4.79 Å². The number of carbonyl (C=O) groups excluding carboxylic acids is 1. The van der Waals surface area contributed by atoms with Crippen LogP contribution < -0.4 is 0 Å². The molecule has 0 saturated carbocycles. The first-order chi connectivity index (χ1) is 9.29. The van der Waals surface area contributed by atoms with Crippen molar-refractivity contribution in [3.63, 3.8) is 0 Å². The molecule has 2 fully saturated rings. The van der Waals surface area contributed by atoms with Crippen molar-refractivity contribution in [3.05, 3.63) is 24.3 Å². The van der Waals surface area contributed by atoms with Crippen molar-refractivity contribution in [1.29, 1.82) is 0 Å². The van der Waals surface area contributed by atoms with Gasteiger partial charge in [0.1, 0.15) is 12.0 Å². The van der Waals surface area contributed by atoms with Crippen LogP contribution in [0, 0.1) is 5.92 Å². The van der Waals surface area contributed by atoms with Gasteiger partial charge >= 0.3 is 0 Å². The van der Waals surface area contributed by atoms with Gasteiger partial charge in [0.05, 0.1) is 5.60 Å². The molecule has 1 aromatic rings. The summed E-state index contributed by atoms with van der Waals surface area (Å²) >= 11 is 1.98. The van der Waals surface area contributed by atoms with Crippen LogP contribution in [0.2, 0.25) is 0 Å². The molecule has 0 aromatic carbocycles. The summed E-state index contributed by atoms with van der Waals surface area (Å²) in [7, 11) is 0. The molecule has 2 aliphatic heterocycles. The van der Waals surface area contributed by atoms with E-state index in [2.05, 4.69) is 9.97 Å². The number of ketones is 1. The van der Waals surface area contributed by atoms with Crippen molar-refractivity contribution in [2.24, 2.45) is 5.92 Å². The van der Waals surface area contributed by atoms with Crippen LogP contribution >= 0.6 is 11.8 Å².